The number of benzene rings is 1. The molecule has 1 unspecified atom stereocenters. The number of amides is 1. The first-order valence-corrected chi connectivity index (χ1v) is 8.84. The van der Waals surface area contributed by atoms with E-state index >= 15 is 0 Å². The monoisotopic (exact) mass is 338 g/mol. The Labute approximate surface area is 149 Å². The van der Waals surface area contributed by atoms with Gasteiger partial charge in [0, 0.05) is 63.8 Å². The van der Waals surface area contributed by atoms with Crippen molar-refractivity contribution >= 4 is 5.91 Å². The molecule has 2 aromatic rings. The highest BCUT2D eigenvalue weighted by atomic mass is 16.1. The first kappa shape index (κ1) is 17.6. The standard InChI is InChI=1S/C20H26N4O/c1-16(19-7-4-8-22-14-19)24-11-9-23(10-12-24)15-17-5-3-6-18(13-17)20(25)21-2/h3-8,13-14,16H,9-12,15H2,1-2H3,(H,21,25). The van der Waals surface area contributed by atoms with Crippen LogP contribution in [0, 0.1) is 0 Å². The van der Waals surface area contributed by atoms with Crippen molar-refractivity contribution in [2.45, 2.75) is 19.5 Å². The molecule has 0 aliphatic carbocycles. The average Bonchev–Trinajstić information content (AvgIpc) is 2.68. The van der Waals surface area contributed by atoms with Crippen LogP contribution in [0.25, 0.3) is 0 Å². The summed E-state index contributed by atoms with van der Waals surface area (Å²) in [4.78, 5) is 21.0. The maximum absolute atomic E-state index is 11.8. The van der Waals surface area contributed by atoms with Crippen molar-refractivity contribution in [1.29, 1.82) is 0 Å². The molecule has 132 valence electrons. The van der Waals surface area contributed by atoms with Crippen LogP contribution in [0.1, 0.15) is 34.5 Å². The fraction of sp³-hybridized carbons (Fsp3) is 0.400. The summed E-state index contributed by atoms with van der Waals surface area (Å²) >= 11 is 0. The van der Waals surface area contributed by atoms with Crippen molar-refractivity contribution in [3.8, 4) is 0 Å². The van der Waals surface area contributed by atoms with E-state index in [9.17, 15) is 4.79 Å². The highest BCUT2D eigenvalue weighted by Gasteiger charge is 2.22. The lowest BCUT2D eigenvalue weighted by Crippen LogP contribution is -2.46. The fourth-order valence-corrected chi connectivity index (χ4v) is 3.36. The Morgan fingerprint density at radius 1 is 1.20 bits per heavy atom. The molecule has 0 radical (unpaired) electrons. The van der Waals surface area contributed by atoms with Crippen LogP contribution in [0.5, 0.6) is 0 Å². The van der Waals surface area contributed by atoms with E-state index in [0.29, 0.717) is 6.04 Å². The van der Waals surface area contributed by atoms with Crippen LogP contribution in [-0.4, -0.2) is 53.9 Å². The number of nitrogens with zero attached hydrogens (tertiary/aromatic N) is 3. The summed E-state index contributed by atoms with van der Waals surface area (Å²) in [5, 5.41) is 2.68. The third-order valence-corrected chi connectivity index (χ3v) is 4.94. The summed E-state index contributed by atoms with van der Waals surface area (Å²) in [7, 11) is 1.66. The number of nitrogens with one attached hydrogen (secondary N) is 1. The van der Waals surface area contributed by atoms with Crippen LogP contribution < -0.4 is 5.32 Å². The first-order chi connectivity index (χ1) is 12.2. The highest BCUT2D eigenvalue weighted by molar-refractivity contribution is 5.94. The minimum atomic E-state index is -0.0306. The van der Waals surface area contributed by atoms with Gasteiger partial charge in [0.2, 0.25) is 0 Å². The lowest BCUT2D eigenvalue weighted by atomic mass is 10.1. The fourth-order valence-electron chi connectivity index (χ4n) is 3.36. The summed E-state index contributed by atoms with van der Waals surface area (Å²) in [6.45, 7) is 7.31. The van der Waals surface area contributed by atoms with Gasteiger partial charge in [-0.2, -0.15) is 0 Å². The number of carbonyl (C=O) groups excluding carboxylic acids is 1. The van der Waals surface area contributed by atoms with Gasteiger partial charge < -0.3 is 5.32 Å². The second-order valence-corrected chi connectivity index (χ2v) is 6.55. The maximum atomic E-state index is 11.8. The number of piperazine rings is 1. The first-order valence-electron chi connectivity index (χ1n) is 8.84. The van der Waals surface area contributed by atoms with Gasteiger partial charge in [-0.1, -0.05) is 18.2 Å². The second kappa shape index (κ2) is 8.23. The normalized spacial score (nSPS) is 17.2. The number of pyridine rings is 1. The molecule has 5 nitrogen and oxygen atoms in total. The minimum Gasteiger partial charge on any atom is -0.355 e. The molecule has 1 aromatic carbocycles. The van der Waals surface area contributed by atoms with Gasteiger partial charge in [-0.15, -0.1) is 0 Å². The van der Waals surface area contributed by atoms with Gasteiger partial charge in [-0.25, -0.2) is 0 Å². The molecule has 1 aromatic heterocycles. The zero-order valence-electron chi connectivity index (χ0n) is 15.0. The minimum absolute atomic E-state index is 0.0306. The third-order valence-electron chi connectivity index (χ3n) is 4.94. The van der Waals surface area contributed by atoms with E-state index in [4.69, 9.17) is 0 Å². The maximum Gasteiger partial charge on any atom is 0.251 e. The van der Waals surface area contributed by atoms with Crippen LogP contribution in [0.3, 0.4) is 0 Å². The van der Waals surface area contributed by atoms with E-state index < -0.39 is 0 Å². The van der Waals surface area contributed by atoms with E-state index in [2.05, 4.69) is 39.2 Å². The highest BCUT2D eigenvalue weighted by Crippen LogP contribution is 2.21. The van der Waals surface area contributed by atoms with Crippen molar-refractivity contribution in [3.63, 3.8) is 0 Å². The Balaban J connectivity index is 1.55. The summed E-state index contributed by atoms with van der Waals surface area (Å²) in [5.74, 6) is -0.0306. The second-order valence-electron chi connectivity index (χ2n) is 6.55. The Hall–Kier alpha value is -2.24. The molecule has 25 heavy (non-hydrogen) atoms. The van der Waals surface area contributed by atoms with E-state index in [1.54, 1.807) is 7.05 Å². The molecule has 1 aliphatic rings. The molecule has 0 bridgehead atoms. The summed E-state index contributed by atoms with van der Waals surface area (Å²) < 4.78 is 0. The Morgan fingerprint density at radius 3 is 2.68 bits per heavy atom. The average molecular weight is 338 g/mol. The summed E-state index contributed by atoms with van der Waals surface area (Å²) in [5.41, 5.74) is 3.19. The van der Waals surface area contributed by atoms with Crippen molar-refractivity contribution in [1.82, 2.24) is 20.1 Å². The molecule has 1 N–H and O–H groups in total. The topological polar surface area (TPSA) is 48.5 Å². The zero-order valence-corrected chi connectivity index (χ0v) is 15.0. The van der Waals surface area contributed by atoms with Gasteiger partial charge in [-0.05, 0) is 36.2 Å². The predicted molar refractivity (Wildman–Crippen MR) is 99.3 cm³/mol. The summed E-state index contributed by atoms with van der Waals surface area (Å²) in [6.07, 6.45) is 3.78. The smallest absolute Gasteiger partial charge is 0.251 e. The molecular formula is C20H26N4O. The molecule has 0 spiro atoms. The molecule has 1 atom stereocenters. The van der Waals surface area contributed by atoms with Gasteiger partial charge in [0.05, 0.1) is 0 Å². The Morgan fingerprint density at radius 2 is 2.00 bits per heavy atom. The van der Waals surface area contributed by atoms with E-state index in [1.807, 2.05) is 36.7 Å². The van der Waals surface area contributed by atoms with E-state index in [-0.39, 0.29) is 5.91 Å². The number of carbonyl (C=O) groups is 1. The van der Waals surface area contributed by atoms with Gasteiger partial charge >= 0.3 is 0 Å². The van der Waals surface area contributed by atoms with Crippen LogP contribution in [0.2, 0.25) is 0 Å². The lowest BCUT2D eigenvalue weighted by molar-refractivity contribution is 0.0957. The summed E-state index contributed by atoms with van der Waals surface area (Å²) in [6, 6.07) is 12.4. The lowest BCUT2D eigenvalue weighted by Gasteiger charge is -2.38. The molecule has 3 rings (SSSR count). The number of rotatable bonds is 5. The van der Waals surface area contributed by atoms with Gasteiger partial charge in [0.1, 0.15) is 0 Å². The molecule has 1 amide bonds. The van der Waals surface area contributed by atoms with Crippen molar-refractivity contribution in [3.05, 3.63) is 65.5 Å². The third kappa shape index (κ3) is 4.44. The van der Waals surface area contributed by atoms with Gasteiger partial charge in [0.25, 0.3) is 5.91 Å². The molecule has 1 saturated heterocycles. The van der Waals surface area contributed by atoms with Crippen LogP contribution >= 0.6 is 0 Å². The van der Waals surface area contributed by atoms with Crippen LogP contribution in [0.4, 0.5) is 0 Å². The predicted octanol–water partition coefficient (Wildman–Crippen LogP) is 2.32. The van der Waals surface area contributed by atoms with Crippen molar-refractivity contribution in [2.75, 3.05) is 33.2 Å². The molecule has 5 heteroatoms. The van der Waals surface area contributed by atoms with Gasteiger partial charge in [0.15, 0.2) is 0 Å². The largest absolute Gasteiger partial charge is 0.355 e. The molecular weight excluding hydrogens is 312 g/mol. The SMILES string of the molecule is CNC(=O)c1cccc(CN2CCN(C(C)c3cccnc3)CC2)c1. The molecule has 1 fully saturated rings. The molecule has 1 aliphatic heterocycles. The van der Waals surface area contributed by atoms with E-state index in [1.165, 1.54) is 11.1 Å². The molecule has 0 saturated carbocycles. The zero-order chi connectivity index (χ0) is 17.6. The van der Waals surface area contributed by atoms with Crippen LogP contribution in [-0.2, 0) is 6.54 Å². The Kier molecular flexibility index (Phi) is 5.79. The van der Waals surface area contributed by atoms with E-state index in [0.717, 1.165) is 38.3 Å². The van der Waals surface area contributed by atoms with Crippen molar-refractivity contribution in [2.24, 2.45) is 0 Å². The number of aromatic nitrogens is 1. The van der Waals surface area contributed by atoms with Crippen LogP contribution in [0.15, 0.2) is 48.8 Å². The Bertz CT molecular complexity index is 696. The van der Waals surface area contributed by atoms with Gasteiger partial charge in [-0.3, -0.25) is 19.6 Å². The molecule has 2 heterocycles. The number of hydrogen-bond acceptors (Lipinski definition) is 4. The quantitative estimate of drug-likeness (QED) is 0.909. The van der Waals surface area contributed by atoms with Crippen molar-refractivity contribution < 1.29 is 4.79 Å². The number of hydrogen-bond donors (Lipinski definition) is 1.